The van der Waals surface area contributed by atoms with E-state index in [2.05, 4.69) is 31.2 Å². The summed E-state index contributed by atoms with van der Waals surface area (Å²) in [4.78, 5) is 21.9. The van der Waals surface area contributed by atoms with Gasteiger partial charge in [0.1, 0.15) is 0 Å². The van der Waals surface area contributed by atoms with Crippen molar-refractivity contribution in [3.05, 3.63) is 58.6 Å². The number of amides is 1. The number of anilines is 1. The molecule has 0 spiro atoms. The third-order valence-electron chi connectivity index (χ3n) is 3.19. The molecule has 0 saturated heterocycles. The smallest absolute Gasteiger partial charge is 0.239 e. The number of carbonyl (C=O) groups excluding carboxylic acids is 1. The molecule has 0 aliphatic carbocycles. The lowest BCUT2D eigenvalue weighted by molar-refractivity contribution is -0.115. The Balaban J connectivity index is 1.62. The van der Waals surface area contributed by atoms with Gasteiger partial charge in [-0.2, -0.15) is 0 Å². The molecular weight excluding hydrogens is 406 g/mol. The highest BCUT2D eigenvalue weighted by Gasteiger charge is 2.16. The summed E-state index contributed by atoms with van der Waals surface area (Å²) in [7, 11) is 0. The van der Waals surface area contributed by atoms with Crippen LogP contribution in [0.2, 0.25) is 0 Å². The van der Waals surface area contributed by atoms with E-state index < -0.39 is 0 Å². The molecule has 0 saturated carbocycles. The number of halogens is 1. The molecule has 0 radical (unpaired) electrons. The van der Waals surface area contributed by atoms with Gasteiger partial charge in [-0.25, -0.2) is 4.98 Å². The zero-order chi connectivity index (χ0) is 16.9. The fourth-order valence-electron chi connectivity index (χ4n) is 1.96. The zero-order valence-electron chi connectivity index (χ0n) is 12.8. The highest BCUT2D eigenvalue weighted by Crippen LogP contribution is 2.27. The van der Waals surface area contributed by atoms with Crippen LogP contribution in [0.4, 0.5) is 5.13 Å². The molecule has 24 heavy (non-hydrogen) atoms. The van der Waals surface area contributed by atoms with Crippen LogP contribution in [0.3, 0.4) is 0 Å². The first-order chi connectivity index (χ1) is 11.6. The maximum atomic E-state index is 12.3. The molecule has 0 aliphatic heterocycles. The van der Waals surface area contributed by atoms with Crippen LogP contribution in [0, 0.1) is 0 Å². The molecule has 122 valence electrons. The Hall–Kier alpha value is -1.70. The SMILES string of the molecule is CC(Sc1ccc(Br)cc1)C(=O)Nc1nc(-c2cccnc2)cs1. The lowest BCUT2D eigenvalue weighted by Gasteiger charge is -2.10. The number of rotatable bonds is 5. The number of thiazole rings is 1. The van der Waals surface area contributed by atoms with Gasteiger partial charge in [0.25, 0.3) is 0 Å². The van der Waals surface area contributed by atoms with E-state index in [1.54, 1.807) is 12.4 Å². The number of pyridine rings is 1. The summed E-state index contributed by atoms with van der Waals surface area (Å²) in [6.07, 6.45) is 3.48. The minimum atomic E-state index is -0.211. The minimum Gasteiger partial charge on any atom is -0.301 e. The fraction of sp³-hybridized carbons (Fsp3) is 0.118. The molecular formula is C17H14BrN3OS2. The van der Waals surface area contributed by atoms with Crippen LogP contribution in [0.5, 0.6) is 0 Å². The average Bonchev–Trinajstić information content (AvgIpc) is 3.06. The van der Waals surface area contributed by atoms with Gasteiger partial charge in [-0.05, 0) is 43.3 Å². The van der Waals surface area contributed by atoms with Crippen molar-refractivity contribution in [3.8, 4) is 11.3 Å². The molecule has 0 bridgehead atoms. The molecule has 1 N–H and O–H groups in total. The first kappa shape index (κ1) is 17.1. The zero-order valence-corrected chi connectivity index (χ0v) is 16.0. The van der Waals surface area contributed by atoms with Gasteiger partial charge in [0.15, 0.2) is 5.13 Å². The van der Waals surface area contributed by atoms with Gasteiger partial charge in [-0.1, -0.05) is 15.9 Å². The van der Waals surface area contributed by atoms with E-state index in [1.165, 1.54) is 23.1 Å². The molecule has 4 nitrogen and oxygen atoms in total. The number of hydrogen-bond donors (Lipinski definition) is 1. The van der Waals surface area contributed by atoms with Crippen molar-refractivity contribution in [3.63, 3.8) is 0 Å². The molecule has 3 rings (SSSR count). The van der Waals surface area contributed by atoms with Gasteiger partial charge in [0, 0.05) is 32.7 Å². The lowest BCUT2D eigenvalue weighted by atomic mass is 10.2. The van der Waals surface area contributed by atoms with E-state index in [0.717, 1.165) is 20.6 Å². The van der Waals surface area contributed by atoms with Gasteiger partial charge in [-0.15, -0.1) is 23.1 Å². The molecule has 2 aromatic heterocycles. The summed E-state index contributed by atoms with van der Waals surface area (Å²) < 4.78 is 1.02. The van der Waals surface area contributed by atoms with Crippen LogP contribution in [0.15, 0.2) is 63.5 Å². The average molecular weight is 420 g/mol. The largest absolute Gasteiger partial charge is 0.301 e. The number of nitrogens with zero attached hydrogens (tertiary/aromatic N) is 2. The van der Waals surface area contributed by atoms with Gasteiger partial charge in [0.2, 0.25) is 5.91 Å². The van der Waals surface area contributed by atoms with Crippen molar-refractivity contribution in [1.82, 2.24) is 9.97 Å². The number of hydrogen-bond acceptors (Lipinski definition) is 5. The molecule has 0 fully saturated rings. The summed E-state index contributed by atoms with van der Waals surface area (Å²) in [5.41, 5.74) is 1.75. The second-order valence-electron chi connectivity index (χ2n) is 4.98. The number of carbonyl (C=O) groups is 1. The highest BCUT2D eigenvalue weighted by atomic mass is 79.9. The highest BCUT2D eigenvalue weighted by molar-refractivity contribution is 9.10. The number of benzene rings is 1. The van der Waals surface area contributed by atoms with Gasteiger partial charge >= 0.3 is 0 Å². The lowest BCUT2D eigenvalue weighted by Crippen LogP contribution is -2.22. The van der Waals surface area contributed by atoms with Crippen molar-refractivity contribution in [2.75, 3.05) is 5.32 Å². The van der Waals surface area contributed by atoms with E-state index in [9.17, 15) is 4.79 Å². The van der Waals surface area contributed by atoms with Gasteiger partial charge < -0.3 is 5.32 Å². The Morgan fingerprint density at radius 3 is 2.79 bits per heavy atom. The first-order valence-corrected chi connectivity index (χ1v) is 9.76. The van der Waals surface area contributed by atoms with Crippen molar-refractivity contribution in [2.45, 2.75) is 17.1 Å². The van der Waals surface area contributed by atoms with Crippen LogP contribution in [-0.2, 0) is 4.79 Å². The van der Waals surface area contributed by atoms with Crippen molar-refractivity contribution < 1.29 is 4.79 Å². The van der Waals surface area contributed by atoms with E-state index in [1.807, 2.05) is 48.7 Å². The van der Waals surface area contributed by atoms with E-state index in [4.69, 9.17) is 0 Å². The Kier molecular flexibility index (Phi) is 5.65. The van der Waals surface area contributed by atoms with Crippen molar-refractivity contribution in [1.29, 1.82) is 0 Å². The summed E-state index contributed by atoms with van der Waals surface area (Å²) in [6, 6.07) is 11.7. The molecule has 1 atom stereocenters. The molecule has 7 heteroatoms. The van der Waals surface area contributed by atoms with Crippen molar-refractivity contribution in [2.24, 2.45) is 0 Å². The molecule has 2 heterocycles. The third kappa shape index (κ3) is 4.43. The fourth-order valence-corrected chi connectivity index (χ4v) is 3.81. The summed E-state index contributed by atoms with van der Waals surface area (Å²) in [6.45, 7) is 1.89. The van der Waals surface area contributed by atoms with Crippen LogP contribution in [-0.4, -0.2) is 21.1 Å². The Morgan fingerprint density at radius 2 is 2.08 bits per heavy atom. The monoisotopic (exact) mass is 419 g/mol. The third-order valence-corrected chi connectivity index (χ3v) is 5.59. The summed E-state index contributed by atoms with van der Waals surface area (Å²) in [5, 5.41) is 5.19. The molecule has 0 aliphatic rings. The first-order valence-electron chi connectivity index (χ1n) is 7.21. The topological polar surface area (TPSA) is 54.9 Å². The predicted octanol–water partition coefficient (Wildman–Crippen LogP) is 5.09. The van der Waals surface area contributed by atoms with Crippen LogP contribution in [0.25, 0.3) is 11.3 Å². The van der Waals surface area contributed by atoms with E-state index in [-0.39, 0.29) is 11.2 Å². The van der Waals surface area contributed by atoms with Crippen LogP contribution in [0.1, 0.15) is 6.92 Å². The number of thioether (sulfide) groups is 1. The second-order valence-corrected chi connectivity index (χ2v) is 8.17. The second kappa shape index (κ2) is 7.92. The van der Waals surface area contributed by atoms with Crippen LogP contribution >= 0.6 is 39.0 Å². The quantitative estimate of drug-likeness (QED) is 0.585. The van der Waals surface area contributed by atoms with Gasteiger partial charge in [0.05, 0.1) is 10.9 Å². The normalized spacial score (nSPS) is 11.9. The summed E-state index contributed by atoms with van der Waals surface area (Å²) in [5.74, 6) is -0.0602. The Labute approximate surface area is 156 Å². The number of nitrogens with one attached hydrogen (secondary N) is 1. The molecule has 1 amide bonds. The van der Waals surface area contributed by atoms with Crippen molar-refractivity contribution >= 4 is 50.1 Å². The van der Waals surface area contributed by atoms with Crippen LogP contribution < -0.4 is 5.32 Å². The standard InChI is InChI=1S/C17H14BrN3OS2/c1-11(24-14-6-4-13(18)5-7-14)16(22)21-17-20-15(10-23-17)12-3-2-8-19-9-12/h2-11H,1H3,(H,20,21,22). The predicted molar refractivity (Wildman–Crippen MR) is 103 cm³/mol. The molecule has 1 aromatic carbocycles. The molecule has 3 aromatic rings. The van der Waals surface area contributed by atoms with Gasteiger partial charge in [-0.3, -0.25) is 9.78 Å². The number of aromatic nitrogens is 2. The maximum Gasteiger partial charge on any atom is 0.239 e. The van der Waals surface area contributed by atoms with E-state index >= 15 is 0 Å². The minimum absolute atomic E-state index is 0.0602. The van der Waals surface area contributed by atoms with E-state index in [0.29, 0.717) is 5.13 Å². The molecule has 1 unspecified atom stereocenters. The summed E-state index contributed by atoms with van der Waals surface area (Å²) >= 11 is 6.34. The Morgan fingerprint density at radius 1 is 1.29 bits per heavy atom. The maximum absolute atomic E-state index is 12.3. The Bertz CT molecular complexity index is 821.